The molecule has 3 rings (SSSR count). The van der Waals surface area contributed by atoms with Gasteiger partial charge in [0.2, 0.25) is 5.95 Å². The fourth-order valence-corrected chi connectivity index (χ4v) is 2.70. The van der Waals surface area contributed by atoms with Crippen LogP contribution in [0.3, 0.4) is 0 Å². The average Bonchev–Trinajstić information content (AvgIpc) is 2.68. The molecule has 0 aliphatic heterocycles. The first-order valence-corrected chi connectivity index (χ1v) is 8.87. The lowest BCUT2D eigenvalue weighted by Gasteiger charge is -2.14. The lowest BCUT2D eigenvalue weighted by Crippen LogP contribution is -2.08. The van der Waals surface area contributed by atoms with Crippen LogP contribution in [0.25, 0.3) is 0 Å². The first kappa shape index (κ1) is 19.3. The third kappa shape index (κ3) is 4.62. The van der Waals surface area contributed by atoms with Crippen molar-refractivity contribution in [3.8, 4) is 11.5 Å². The topological polar surface area (TPSA) is 71.5 Å². The summed E-state index contributed by atoms with van der Waals surface area (Å²) >= 11 is 0. The molecule has 0 fully saturated rings. The third-order valence-electron chi connectivity index (χ3n) is 4.17. The predicted molar refractivity (Wildman–Crippen MR) is 114 cm³/mol. The van der Waals surface area contributed by atoms with Crippen LogP contribution in [0.2, 0.25) is 0 Å². The first-order valence-electron chi connectivity index (χ1n) is 8.87. The average molecular weight is 379 g/mol. The second-order valence-corrected chi connectivity index (χ2v) is 6.48. The second-order valence-electron chi connectivity index (χ2n) is 6.48. The van der Waals surface area contributed by atoms with Crippen LogP contribution in [0.15, 0.2) is 48.5 Å². The zero-order valence-corrected chi connectivity index (χ0v) is 16.8. The summed E-state index contributed by atoms with van der Waals surface area (Å²) in [6.07, 6.45) is 0. The van der Waals surface area contributed by atoms with Crippen LogP contribution in [-0.4, -0.2) is 38.3 Å². The largest absolute Gasteiger partial charge is 0.497 e. The minimum atomic E-state index is 0.521. The number of nitrogens with zero attached hydrogens (tertiary/aromatic N) is 3. The number of anilines is 5. The Morgan fingerprint density at radius 1 is 0.857 bits per heavy atom. The second kappa shape index (κ2) is 8.47. The summed E-state index contributed by atoms with van der Waals surface area (Å²) in [7, 11) is 7.27. The summed E-state index contributed by atoms with van der Waals surface area (Å²) in [5, 5.41) is 6.54. The number of hydrogen-bond acceptors (Lipinski definition) is 7. The first-order chi connectivity index (χ1) is 13.5. The molecule has 0 saturated carbocycles. The molecular formula is C21H25N5O2. The van der Waals surface area contributed by atoms with Crippen molar-refractivity contribution in [1.29, 1.82) is 0 Å². The fourth-order valence-electron chi connectivity index (χ4n) is 2.70. The van der Waals surface area contributed by atoms with Gasteiger partial charge in [-0.3, -0.25) is 0 Å². The van der Waals surface area contributed by atoms with E-state index in [0.29, 0.717) is 17.5 Å². The Balaban J connectivity index is 1.81. The molecule has 7 heteroatoms. The maximum atomic E-state index is 5.44. The van der Waals surface area contributed by atoms with Crippen LogP contribution in [0, 0.1) is 6.92 Å². The Morgan fingerprint density at radius 3 is 2.25 bits per heavy atom. The highest BCUT2D eigenvalue weighted by atomic mass is 16.5. The van der Waals surface area contributed by atoms with Crippen molar-refractivity contribution in [1.82, 2.24) is 9.97 Å². The Hall–Kier alpha value is -3.48. The molecule has 0 spiro atoms. The Labute approximate surface area is 165 Å². The molecule has 0 aliphatic rings. The van der Waals surface area contributed by atoms with Crippen molar-refractivity contribution in [2.24, 2.45) is 0 Å². The monoisotopic (exact) mass is 379 g/mol. The van der Waals surface area contributed by atoms with Gasteiger partial charge in [0.15, 0.2) is 0 Å². The van der Waals surface area contributed by atoms with Gasteiger partial charge in [0.1, 0.15) is 17.3 Å². The van der Waals surface area contributed by atoms with Gasteiger partial charge in [0.05, 0.1) is 19.9 Å². The molecule has 1 aromatic heterocycles. The summed E-state index contributed by atoms with van der Waals surface area (Å²) in [4.78, 5) is 11.1. The van der Waals surface area contributed by atoms with Gasteiger partial charge in [-0.25, -0.2) is 4.98 Å². The number of hydrogen-bond donors (Lipinski definition) is 2. The van der Waals surface area contributed by atoms with E-state index in [4.69, 9.17) is 9.47 Å². The van der Waals surface area contributed by atoms with E-state index >= 15 is 0 Å². The van der Waals surface area contributed by atoms with Crippen LogP contribution in [0.5, 0.6) is 11.5 Å². The number of benzene rings is 2. The van der Waals surface area contributed by atoms with Crippen molar-refractivity contribution in [2.45, 2.75) is 6.92 Å². The van der Waals surface area contributed by atoms with Crippen LogP contribution in [0.1, 0.15) is 5.69 Å². The fraction of sp³-hybridized carbons (Fsp3) is 0.238. The number of aromatic nitrogens is 2. The number of ether oxygens (including phenoxy) is 2. The van der Waals surface area contributed by atoms with Gasteiger partial charge < -0.3 is 25.0 Å². The van der Waals surface area contributed by atoms with Crippen LogP contribution < -0.4 is 25.0 Å². The zero-order chi connectivity index (χ0) is 20.1. The molecule has 28 heavy (non-hydrogen) atoms. The lowest BCUT2D eigenvalue weighted by atomic mass is 10.2. The molecule has 146 valence electrons. The maximum absolute atomic E-state index is 5.44. The van der Waals surface area contributed by atoms with E-state index in [0.717, 1.165) is 28.5 Å². The number of methoxy groups -OCH3 is 2. The summed E-state index contributed by atoms with van der Waals surface area (Å²) in [6.45, 7) is 1.93. The van der Waals surface area contributed by atoms with E-state index in [2.05, 4.69) is 25.5 Å². The summed E-state index contributed by atoms with van der Waals surface area (Å²) < 4.78 is 10.7. The van der Waals surface area contributed by atoms with Gasteiger partial charge in [0, 0.05) is 43.3 Å². The van der Waals surface area contributed by atoms with Gasteiger partial charge in [-0.15, -0.1) is 0 Å². The quantitative estimate of drug-likeness (QED) is 0.632. The SMILES string of the molecule is COc1ccc(Nc2cc(C)nc(Nc3ccc(N(C)C)cc3)n2)c(OC)c1. The van der Waals surface area contributed by atoms with Gasteiger partial charge in [-0.05, 0) is 43.3 Å². The zero-order valence-electron chi connectivity index (χ0n) is 16.8. The number of rotatable bonds is 7. The van der Waals surface area contributed by atoms with Crippen molar-refractivity contribution < 1.29 is 9.47 Å². The van der Waals surface area contributed by atoms with Crippen molar-refractivity contribution in [2.75, 3.05) is 43.8 Å². The van der Waals surface area contributed by atoms with Crippen molar-refractivity contribution >= 4 is 28.8 Å². The Bertz CT molecular complexity index is 942. The van der Waals surface area contributed by atoms with Crippen LogP contribution >= 0.6 is 0 Å². The minimum Gasteiger partial charge on any atom is -0.497 e. The molecule has 0 bridgehead atoms. The molecule has 0 aliphatic carbocycles. The maximum Gasteiger partial charge on any atom is 0.229 e. The van der Waals surface area contributed by atoms with E-state index in [9.17, 15) is 0 Å². The van der Waals surface area contributed by atoms with Crippen LogP contribution in [-0.2, 0) is 0 Å². The van der Waals surface area contributed by atoms with E-state index in [1.165, 1.54) is 0 Å². The molecule has 1 heterocycles. The minimum absolute atomic E-state index is 0.521. The van der Waals surface area contributed by atoms with E-state index in [1.807, 2.05) is 69.6 Å². The van der Waals surface area contributed by atoms with Gasteiger partial charge in [-0.2, -0.15) is 4.98 Å². The van der Waals surface area contributed by atoms with Gasteiger partial charge in [-0.1, -0.05) is 0 Å². The highest BCUT2D eigenvalue weighted by Gasteiger charge is 2.08. The third-order valence-corrected chi connectivity index (χ3v) is 4.17. The van der Waals surface area contributed by atoms with E-state index in [1.54, 1.807) is 14.2 Å². The van der Waals surface area contributed by atoms with E-state index in [-0.39, 0.29) is 0 Å². The van der Waals surface area contributed by atoms with Crippen LogP contribution in [0.4, 0.5) is 28.8 Å². The molecule has 0 atom stereocenters. The standard InChI is InChI=1S/C21H25N5O2/c1-14-12-20(24-18-11-10-17(27-4)13-19(18)28-5)25-21(22-14)23-15-6-8-16(9-7-15)26(2)3/h6-13H,1-5H3,(H2,22,23,24,25). The molecule has 2 aromatic carbocycles. The highest BCUT2D eigenvalue weighted by Crippen LogP contribution is 2.31. The number of aryl methyl sites for hydroxylation is 1. The number of nitrogens with one attached hydrogen (secondary N) is 2. The molecule has 0 unspecified atom stereocenters. The summed E-state index contributed by atoms with van der Waals surface area (Å²) in [5.41, 5.74) is 3.69. The predicted octanol–water partition coefficient (Wildman–Crippen LogP) is 4.36. The molecule has 0 saturated heterocycles. The molecule has 0 amide bonds. The van der Waals surface area contributed by atoms with Crippen molar-refractivity contribution in [3.05, 3.63) is 54.2 Å². The molecule has 0 radical (unpaired) electrons. The summed E-state index contributed by atoms with van der Waals surface area (Å²) in [6, 6.07) is 15.5. The van der Waals surface area contributed by atoms with Crippen molar-refractivity contribution in [3.63, 3.8) is 0 Å². The van der Waals surface area contributed by atoms with Gasteiger partial charge in [0.25, 0.3) is 0 Å². The molecular weight excluding hydrogens is 354 g/mol. The normalized spacial score (nSPS) is 10.3. The molecule has 2 N–H and O–H groups in total. The highest BCUT2D eigenvalue weighted by molar-refractivity contribution is 5.67. The Morgan fingerprint density at radius 2 is 1.61 bits per heavy atom. The van der Waals surface area contributed by atoms with E-state index < -0.39 is 0 Å². The lowest BCUT2D eigenvalue weighted by molar-refractivity contribution is 0.395. The molecule has 7 nitrogen and oxygen atoms in total. The Kier molecular flexibility index (Phi) is 5.84. The molecule has 3 aromatic rings. The smallest absolute Gasteiger partial charge is 0.229 e. The van der Waals surface area contributed by atoms with Gasteiger partial charge >= 0.3 is 0 Å². The summed E-state index contributed by atoms with van der Waals surface area (Å²) in [5.74, 6) is 2.59.